The van der Waals surface area contributed by atoms with Gasteiger partial charge in [-0.3, -0.25) is 9.48 Å². The lowest BCUT2D eigenvalue weighted by Gasteiger charge is -2.26. The Morgan fingerprint density at radius 1 is 1.22 bits per heavy atom. The molecular weight excluding hydrogens is 446 g/mol. The van der Waals surface area contributed by atoms with E-state index in [9.17, 15) is 13.2 Å². The lowest BCUT2D eigenvalue weighted by molar-refractivity contribution is 0.102. The SMILES string of the molecule is Cc1nn(C)c2ncc(NC(=O)c3cccc(S(=O)(=O)N4CCc5sccc5C4)c3)cc12. The number of benzene rings is 1. The van der Waals surface area contributed by atoms with E-state index in [4.69, 9.17) is 0 Å². The normalized spacial score (nSPS) is 14.4. The number of fused-ring (bicyclic) bond motifs is 2. The van der Waals surface area contributed by atoms with Gasteiger partial charge in [0.05, 0.1) is 22.5 Å². The fraction of sp³-hybridized carbons (Fsp3) is 0.227. The minimum atomic E-state index is -3.71. The maximum Gasteiger partial charge on any atom is 0.255 e. The summed E-state index contributed by atoms with van der Waals surface area (Å²) in [6.45, 7) is 2.67. The molecule has 164 valence electrons. The highest BCUT2D eigenvalue weighted by Crippen LogP contribution is 2.28. The van der Waals surface area contributed by atoms with Gasteiger partial charge in [-0.15, -0.1) is 11.3 Å². The molecule has 0 saturated heterocycles. The van der Waals surface area contributed by atoms with Crippen LogP contribution in [0, 0.1) is 6.92 Å². The van der Waals surface area contributed by atoms with Gasteiger partial charge < -0.3 is 5.32 Å². The maximum absolute atomic E-state index is 13.2. The van der Waals surface area contributed by atoms with Crippen LogP contribution in [0.5, 0.6) is 0 Å². The average molecular weight is 468 g/mol. The minimum Gasteiger partial charge on any atom is -0.321 e. The van der Waals surface area contributed by atoms with Crippen molar-refractivity contribution in [1.29, 1.82) is 0 Å². The third kappa shape index (κ3) is 3.60. The summed E-state index contributed by atoms with van der Waals surface area (Å²) in [4.78, 5) is 18.6. The number of nitrogens with one attached hydrogen (secondary N) is 1. The van der Waals surface area contributed by atoms with Gasteiger partial charge >= 0.3 is 0 Å². The molecule has 0 atom stereocenters. The molecule has 1 aliphatic rings. The second-order valence-electron chi connectivity index (χ2n) is 7.74. The Bertz CT molecular complexity index is 1460. The second-order valence-corrected chi connectivity index (χ2v) is 10.7. The first kappa shape index (κ1) is 20.8. The number of carbonyl (C=O) groups is 1. The van der Waals surface area contributed by atoms with Crippen LogP contribution in [0.4, 0.5) is 5.69 Å². The number of hydrogen-bond donors (Lipinski definition) is 1. The number of amides is 1. The van der Waals surface area contributed by atoms with Gasteiger partial charge in [0.1, 0.15) is 0 Å². The van der Waals surface area contributed by atoms with Crippen LogP contribution in [-0.4, -0.2) is 39.9 Å². The Kier molecular flexibility index (Phi) is 5.07. The van der Waals surface area contributed by atoms with Gasteiger partial charge in [-0.25, -0.2) is 13.4 Å². The highest BCUT2D eigenvalue weighted by atomic mass is 32.2. The van der Waals surface area contributed by atoms with Crippen LogP contribution in [0.25, 0.3) is 11.0 Å². The van der Waals surface area contributed by atoms with E-state index in [1.807, 2.05) is 31.5 Å². The van der Waals surface area contributed by atoms with Crippen molar-refractivity contribution in [2.75, 3.05) is 11.9 Å². The number of anilines is 1. The molecule has 1 amide bonds. The number of carbonyl (C=O) groups excluding carboxylic acids is 1. The monoisotopic (exact) mass is 467 g/mol. The second kappa shape index (κ2) is 7.80. The maximum atomic E-state index is 13.2. The average Bonchev–Trinajstić information content (AvgIpc) is 3.37. The Morgan fingerprint density at radius 3 is 2.91 bits per heavy atom. The summed E-state index contributed by atoms with van der Waals surface area (Å²) in [5.41, 5.74) is 3.38. The predicted molar refractivity (Wildman–Crippen MR) is 123 cm³/mol. The first-order valence-corrected chi connectivity index (χ1v) is 12.4. The van der Waals surface area contributed by atoms with Crippen LogP contribution in [0.3, 0.4) is 0 Å². The van der Waals surface area contributed by atoms with E-state index in [2.05, 4.69) is 15.4 Å². The molecule has 32 heavy (non-hydrogen) atoms. The molecule has 0 radical (unpaired) electrons. The predicted octanol–water partition coefficient (Wildman–Crippen LogP) is 3.34. The molecule has 0 fully saturated rings. The summed E-state index contributed by atoms with van der Waals surface area (Å²) in [5.74, 6) is -0.400. The summed E-state index contributed by atoms with van der Waals surface area (Å²) < 4.78 is 29.6. The van der Waals surface area contributed by atoms with E-state index in [1.54, 1.807) is 34.3 Å². The van der Waals surface area contributed by atoms with Gasteiger partial charge in [0.15, 0.2) is 5.65 Å². The number of sulfonamides is 1. The molecule has 3 aromatic heterocycles. The Hall–Kier alpha value is -3.08. The fourth-order valence-corrected chi connectivity index (χ4v) is 6.31. The number of pyridine rings is 1. The zero-order chi connectivity index (χ0) is 22.5. The minimum absolute atomic E-state index is 0.112. The molecule has 4 aromatic rings. The number of aryl methyl sites for hydroxylation is 2. The van der Waals surface area contributed by atoms with Crippen LogP contribution in [0.2, 0.25) is 0 Å². The van der Waals surface area contributed by atoms with Crippen LogP contribution < -0.4 is 5.32 Å². The van der Waals surface area contributed by atoms with Crippen molar-refractivity contribution < 1.29 is 13.2 Å². The molecule has 10 heteroatoms. The van der Waals surface area contributed by atoms with E-state index in [1.165, 1.54) is 21.3 Å². The quantitative estimate of drug-likeness (QED) is 0.497. The third-order valence-corrected chi connectivity index (χ3v) is 8.49. The Balaban J connectivity index is 1.39. The molecule has 1 N–H and O–H groups in total. The third-order valence-electron chi connectivity index (χ3n) is 5.63. The standard InChI is InChI=1S/C22H21N5O3S2/c1-14-19-11-17(12-23-21(19)26(2)25-14)24-22(28)15-4-3-5-18(10-15)32(29,30)27-8-6-20-16(13-27)7-9-31-20/h3-5,7,9-12H,6,8,13H2,1-2H3,(H,24,28). The van der Waals surface area contributed by atoms with Gasteiger partial charge in [0.25, 0.3) is 5.91 Å². The largest absolute Gasteiger partial charge is 0.321 e. The Labute approximate surface area is 189 Å². The number of hydrogen-bond acceptors (Lipinski definition) is 6. The number of aromatic nitrogens is 3. The molecular formula is C22H21N5O3S2. The van der Waals surface area contributed by atoms with Crippen molar-refractivity contribution in [1.82, 2.24) is 19.1 Å². The van der Waals surface area contributed by atoms with Gasteiger partial charge in [-0.2, -0.15) is 9.40 Å². The van der Waals surface area contributed by atoms with Crippen LogP contribution in [-0.2, 0) is 30.0 Å². The molecule has 4 heterocycles. The van der Waals surface area contributed by atoms with Crippen molar-refractivity contribution in [3.05, 3.63) is 69.7 Å². The van der Waals surface area contributed by atoms with Crippen molar-refractivity contribution in [3.63, 3.8) is 0 Å². The molecule has 8 nitrogen and oxygen atoms in total. The van der Waals surface area contributed by atoms with Gasteiger partial charge in [-0.1, -0.05) is 6.07 Å². The van der Waals surface area contributed by atoms with Crippen LogP contribution in [0.15, 0.2) is 52.9 Å². The smallest absolute Gasteiger partial charge is 0.255 e. The highest BCUT2D eigenvalue weighted by molar-refractivity contribution is 7.89. The van der Waals surface area contributed by atoms with Crippen molar-refractivity contribution in [2.45, 2.75) is 24.8 Å². The van der Waals surface area contributed by atoms with E-state index < -0.39 is 15.9 Å². The zero-order valence-corrected chi connectivity index (χ0v) is 19.2. The first-order chi connectivity index (χ1) is 15.3. The van der Waals surface area contributed by atoms with Gasteiger partial charge in [0, 0.05) is 36.0 Å². The van der Waals surface area contributed by atoms with Crippen LogP contribution >= 0.6 is 11.3 Å². The highest BCUT2D eigenvalue weighted by Gasteiger charge is 2.29. The molecule has 0 bridgehead atoms. The molecule has 5 rings (SSSR count). The summed E-state index contributed by atoms with van der Waals surface area (Å²) in [5, 5.41) is 9.98. The summed E-state index contributed by atoms with van der Waals surface area (Å²) >= 11 is 1.66. The first-order valence-electron chi connectivity index (χ1n) is 10.1. The lowest BCUT2D eigenvalue weighted by atomic mass is 10.1. The van der Waals surface area contributed by atoms with E-state index in [0.29, 0.717) is 25.2 Å². The van der Waals surface area contributed by atoms with E-state index in [-0.39, 0.29) is 10.5 Å². The van der Waals surface area contributed by atoms with Gasteiger partial charge in [-0.05, 0) is 54.6 Å². The van der Waals surface area contributed by atoms with E-state index in [0.717, 1.165) is 22.3 Å². The summed E-state index contributed by atoms with van der Waals surface area (Å²) in [7, 11) is -1.90. The van der Waals surface area contributed by atoms with Crippen molar-refractivity contribution in [2.24, 2.45) is 7.05 Å². The lowest BCUT2D eigenvalue weighted by Crippen LogP contribution is -2.35. The van der Waals surface area contributed by atoms with E-state index >= 15 is 0 Å². The van der Waals surface area contributed by atoms with Gasteiger partial charge in [0.2, 0.25) is 10.0 Å². The summed E-state index contributed by atoms with van der Waals surface area (Å²) in [6.07, 6.45) is 2.27. The molecule has 0 aliphatic carbocycles. The molecule has 1 aliphatic heterocycles. The Morgan fingerprint density at radius 2 is 2.06 bits per heavy atom. The molecule has 0 unspecified atom stereocenters. The molecule has 0 spiro atoms. The van der Waals surface area contributed by atoms with Crippen molar-refractivity contribution >= 4 is 44.0 Å². The zero-order valence-electron chi connectivity index (χ0n) is 17.6. The molecule has 1 aromatic carbocycles. The fourth-order valence-electron chi connectivity index (χ4n) is 3.95. The van der Waals surface area contributed by atoms with Crippen molar-refractivity contribution in [3.8, 4) is 0 Å². The number of rotatable bonds is 4. The topological polar surface area (TPSA) is 97.2 Å². The summed E-state index contributed by atoms with van der Waals surface area (Å²) in [6, 6.07) is 9.93. The molecule has 0 saturated carbocycles. The van der Waals surface area contributed by atoms with Crippen LogP contribution in [0.1, 0.15) is 26.5 Å². The number of nitrogens with zero attached hydrogens (tertiary/aromatic N) is 4. The number of thiophene rings is 1.